The average molecular weight is 287 g/mol. The minimum atomic E-state index is 0.451. The Bertz CT molecular complexity index is 474. The minimum Gasteiger partial charge on any atom is -0.368 e. The molecule has 116 valence electrons. The molecule has 0 aromatic heterocycles. The van der Waals surface area contributed by atoms with Crippen molar-refractivity contribution in [1.29, 1.82) is 5.26 Å². The summed E-state index contributed by atoms with van der Waals surface area (Å²) in [6.45, 7) is 13.7. The van der Waals surface area contributed by atoms with Crippen LogP contribution in [0.3, 0.4) is 0 Å². The highest BCUT2D eigenvalue weighted by molar-refractivity contribution is 5.61. The van der Waals surface area contributed by atoms with Gasteiger partial charge in [-0.3, -0.25) is 0 Å². The van der Waals surface area contributed by atoms with Crippen molar-refractivity contribution in [2.45, 2.75) is 53.6 Å². The quantitative estimate of drug-likeness (QED) is 0.787. The highest BCUT2D eigenvalue weighted by Crippen LogP contribution is 2.24. The van der Waals surface area contributed by atoms with Crippen LogP contribution in [0.4, 0.5) is 5.69 Å². The molecule has 21 heavy (non-hydrogen) atoms. The number of hydrogen-bond acceptors (Lipinski definition) is 3. The molecule has 0 aliphatic rings. The highest BCUT2D eigenvalue weighted by Gasteiger charge is 2.15. The molecule has 0 fully saturated rings. The van der Waals surface area contributed by atoms with Gasteiger partial charge in [0, 0.05) is 19.1 Å². The second-order valence-corrected chi connectivity index (χ2v) is 6.03. The van der Waals surface area contributed by atoms with E-state index in [-0.39, 0.29) is 0 Å². The van der Waals surface area contributed by atoms with E-state index < -0.39 is 0 Å². The van der Waals surface area contributed by atoms with Gasteiger partial charge in [-0.05, 0) is 50.4 Å². The van der Waals surface area contributed by atoms with Gasteiger partial charge in [0.15, 0.2) is 0 Å². The Labute approximate surface area is 130 Å². The van der Waals surface area contributed by atoms with E-state index in [4.69, 9.17) is 0 Å². The molecule has 0 saturated heterocycles. The zero-order valence-electron chi connectivity index (χ0n) is 14.1. The lowest BCUT2D eigenvalue weighted by molar-refractivity contribution is 0.552. The normalized spacial score (nSPS) is 12.2. The second-order valence-electron chi connectivity index (χ2n) is 6.03. The molecule has 1 atom stereocenters. The zero-order valence-corrected chi connectivity index (χ0v) is 14.1. The average Bonchev–Trinajstić information content (AvgIpc) is 2.48. The molecule has 3 heteroatoms. The first-order valence-electron chi connectivity index (χ1n) is 8.03. The largest absolute Gasteiger partial charge is 0.368 e. The van der Waals surface area contributed by atoms with Crippen LogP contribution in [0.1, 0.15) is 52.2 Å². The SMILES string of the molecule is CCC(C)N(CC)c1ccc(CNCC(C)C)cc1C#N. The van der Waals surface area contributed by atoms with E-state index in [1.165, 1.54) is 5.56 Å². The third-order valence-electron chi connectivity index (χ3n) is 3.84. The Morgan fingerprint density at radius 2 is 1.95 bits per heavy atom. The molecule has 3 nitrogen and oxygen atoms in total. The van der Waals surface area contributed by atoms with E-state index in [0.29, 0.717) is 12.0 Å². The van der Waals surface area contributed by atoms with Crippen LogP contribution in [-0.2, 0) is 6.54 Å². The second kappa shape index (κ2) is 8.69. The van der Waals surface area contributed by atoms with Gasteiger partial charge in [0.1, 0.15) is 6.07 Å². The van der Waals surface area contributed by atoms with Crippen molar-refractivity contribution < 1.29 is 0 Å². The van der Waals surface area contributed by atoms with E-state index >= 15 is 0 Å². The Morgan fingerprint density at radius 1 is 1.24 bits per heavy atom. The number of rotatable bonds is 8. The van der Waals surface area contributed by atoms with Crippen LogP contribution in [0.25, 0.3) is 0 Å². The Morgan fingerprint density at radius 3 is 2.48 bits per heavy atom. The van der Waals surface area contributed by atoms with Crippen molar-refractivity contribution in [1.82, 2.24) is 5.32 Å². The first-order chi connectivity index (χ1) is 10.0. The van der Waals surface area contributed by atoms with E-state index in [9.17, 15) is 5.26 Å². The lowest BCUT2D eigenvalue weighted by atomic mass is 10.1. The number of nitrogens with one attached hydrogen (secondary N) is 1. The molecular weight excluding hydrogens is 258 g/mol. The molecule has 1 rings (SSSR count). The fourth-order valence-electron chi connectivity index (χ4n) is 2.48. The van der Waals surface area contributed by atoms with Crippen molar-refractivity contribution in [3.05, 3.63) is 29.3 Å². The fourth-order valence-corrected chi connectivity index (χ4v) is 2.48. The summed E-state index contributed by atoms with van der Waals surface area (Å²) in [5, 5.41) is 12.9. The van der Waals surface area contributed by atoms with Gasteiger partial charge in [-0.25, -0.2) is 0 Å². The molecule has 0 radical (unpaired) electrons. The molecule has 0 aliphatic carbocycles. The maximum absolute atomic E-state index is 9.46. The van der Waals surface area contributed by atoms with Gasteiger partial charge in [0.05, 0.1) is 11.3 Å². The first-order valence-corrected chi connectivity index (χ1v) is 8.03. The Kier molecular flexibility index (Phi) is 7.25. The van der Waals surface area contributed by atoms with Crippen LogP contribution in [0.5, 0.6) is 0 Å². The molecule has 1 aromatic carbocycles. The third kappa shape index (κ3) is 5.06. The van der Waals surface area contributed by atoms with E-state index in [0.717, 1.165) is 37.3 Å². The van der Waals surface area contributed by atoms with Crippen LogP contribution in [-0.4, -0.2) is 19.1 Å². The van der Waals surface area contributed by atoms with Crippen molar-refractivity contribution in [3.8, 4) is 6.07 Å². The predicted molar refractivity (Wildman–Crippen MR) is 90.5 cm³/mol. The van der Waals surface area contributed by atoms with Crippen LogP contribution in [0.2, 0.25) is 0 Å². The molecule has 0 aliphatic heterocycles. The summed E-state index contributed by atoms with van der Waals surface area (Å²) in [7, 11) is 0. The Balaban J connectivity index is 2.91. The van der Waals surface area contributed by atoms with Gasteiger partial charge in [0.2, 0.25) is 0 Å². The van der Waals surface area contributed by atoms with Crippen molar-refractivity contribution in [2.24, 2.45) is 5.92 Å². The van der Waals surface area contributed by atoms with Crippen molar-refractivity contribution >= 4 is 5.69 Å². The van der Waals surface area contributed by atoms with E-state index in [2.05, 4.69) is 63.0 Å². The maximum Gasteiger partial charge on any atom is 0.101 e. The highest BCUT2D eigenvalue weighted by atomic mass is 15.2. The minimum absolute atomic E-state index is 0.451. The number of nitriles is 1. The van der Waals surface area contributed by atoms with E-state index in [1.807, 2.05) is 6.07 Å². The van der Waals surface area contributed by atoms with Crippen molar-refractivity contribution in [3.63, 3.8) is 0 Å². The summed E-state index contributed by atoms with van der Waals surface area (Å²) < 4.78 is 0. The molecule has 0 spiro atoms. The molecule has 1 aromatic rings. The van der Waals surface area contributed by atoms with Gasteiger partial charge in [0.25, 0.3) is 0 Å². The monoisotopic (exact) mass is 287 g/mol. The molecule has 1 unspecified atom stereocenters. The molecule has 0 saturated carbocycles. The lowest BCUT2D eigenvalue weighted by Crippen LogP contribution is -2.33. The molecule has 0 amide bonds. The summed E-state index contributed by atoms with van der Waals surface area (Å²) in [6, 6.07) is 9.06. The molecule has 1 N–H and O–H groups in total. The lowest BCUT2D eigenvalue weighted by Gasteiger charge is -2.30. The molecule has 0 bridgehead atoms. The van der Waals surface area contributed by atoms with Crippen LogP contribution in [0.15, 0.2) is 18.2 Å². The summed E-state index contributed by atoms with van der Waals surface area (Å²) >= 11 is 0. The van der Waals surface area contributed by atoms with Crippen LogP contribution < -0.4 is 10.2 Å². The molecule has 0 heterocycles. The van der Waals surface area contributed by atoms with Gasteiger partial charge in [-0.2, -0.15) is 5.26 Å². The summed E-state index contributed by atoms with van der Waals surface area (Å²) in [5.41, 5.74) is 3.01. The van der Waals surface area contributed by atoms with Crippen LogP contribution in [0, 0.1) is 17.2 Å². The van der Waals surface area contributed by atoms with Gasteiger partial charge < -0.3 is 10.2 Å². The fraction of sp³-hybridized carbons (Fsp3) is 0.611. The number of hydrogen-bond donors (Lipinski definition) is 1. The van der Waals surface area contributed by atoms with Crippen molar-refractivity contribution in [2.75, 3.05) is 18.0 Å². The zero-order chi connectivity index (χ0) is 15.8. The number of benzene rings is 1. The smallest absolute Gasteiger partial charge is 0.101 e. The standard InChI is InChI=1S/C18H29N3/c1-6-15(5)21(7-2)18-9-8-16(10-17(18)11-19)13-20-12-14(3)4/h8-10,14-15,20H,6-7,12-13H2,1-5H3. The van der Waals surface area contributed by atoms with E-state index in [1.54, 1.807) is 0 Å². The van der Waals surface area contributed by atoms with Gasteiger partial charge >= 0.3 is 0 Å². The van der Waals surface area contributed by atoms with Gasteiger partial charge in [-0.1, -0.05) is 26.8 Å². The summed E-state index contributed by atoms with van der Waals surface area (Å²) in [4.78, 5) is 2.31. The number of anilines is 1. The topological polar surface area (TPSA) is 39.1 Å². The summed E-state index contributed by atoms with van der Waals surface area (Å²) in [5.74, 6) is 0.640. The third-order valence-corrected chi connectivity index (χ3v) is 3.84. The maximum atomic E-state index is 9.46. The Hall–Kier alpha value is -1.53. The van der Waals surface area contributed by atoms with Crippen LogP contribution >= 0.6 is 0 Å². The van der Waals surface area contributed by atoms with Gasteiger partial charge in [-0.15, -0.1) is 0 Å². The first kappa shape index (κ1) is 17.5. The summed E-state index contributed by atoms with van der Waals surface area (Å²) in [6.07, 6.45) is 1.08. The number of nitrogens with zero attached hydrogens (tertiary/aromatic N) is 2. The predicted octanol–water partition coefficient (Wildman–Crippen LogP) is 3.93. The molecular formula is C18H29N3.